The predicted octanol–water partition coefficient (Wildman–Crippen LogP) is 3.04. The van der Waals surface area contributed by atoms with Crippen molar-refractivity contribution in [2.75, 3.05) is 13.2 Å². The first-order chi connectivity index (χ1) is 12.0. The third-order valence-corrected chi connectivity index (χ3v) is 6.76. The van der Waals surface area contributed by atoms with E-state index in [1.54, 1.807) is 24.4 Å². The number of hydrogen-bond donors (Lipinski definition) is 0. The van der Waals surface area contributed by atoms with Crippen LogP contribution < -0.4 is 0 Å². The molecule has 0 amide bonds. The predicted molar refractivity (Wildman–Crippen MR) is 90.9 cm³/mol. The van der Waals surface area contributed by atoms with Crippen LogP contribution in [0.15, 0.2) is 24.4 Å². The van der Waals surface area contributed by atoms with Crippen LogP contribution in [-0.4, -0.2) is 35.6 Å². The summed E-state index contributed by atoms with van der Waals surface area (Å²) < 4.78 is 11.9. The molecule has 0 N–H and O–H groups in total. The monoisotopic (exact) mass is 343 g/mol. The molecule has 0 radical (unpaired) electrons. The van der Waals surface area contributed by atoms with E-state index in [-0.39, 0.29) is 23.4 Å². The molecular weight excluding hydrogens is 318 g/mol. The Morgan fingerprint density at radius 1 is 1.20 bits per heavy atom. The van der Waals surface area contributed by atoms with Crippen molar-refractivity contribution in [2.24, 2.45) is 23.2 Å². The highest BCUT2D eigenvalue weighted by molar-refractivity contribution is 6.11. The molecular formula is C20H25NO4. The van der Waals surface area contributed by atoms with E-state index < -0.39 is 17.1 Å². The largest absolute Gasteiger partial charge is 0.347 e. The average molecular weight is 343 g/mol. The zero-order valence-corrected chi connectivity index (χ0v) is 14.9. The van der Waals surface area contributed by atoms with Crippen LogP contribution in [0.25, 0.3) is 0 Å². The average Bonchev–Trinajstić information content (AvgIpc) is 3.11. The van der Waals surface area contributed by atoms with Gasteiger partial charge in [-0.25, -0.2) is 0 Å². The summed E-state index contributed by atoms with van der Waals surface area (Å²) in [7, 11) is 0. The van der Waals surface area contributed by atoms with Crippen molar-refractivity contribution in [2.45, 2.75) is 45.3 Å². The molecule has 0 aromatic carbocycles. The first-order valence-corrected chi connectivity index (χ1v) is 9.25. The molecule has 3 fully saturated rings. The maximum Gasteiger partial charge on any atom is 0.191 e. The van der Waals surface area contributed by atoms with Gasteiger partial charge in [0.25, 0.3) is 0 Å². The minimum atomic E-state index is -0.567. The summed E-state index contributed by atoms with van der Waals surface area (Å²) in [5.41, 5.74) is -0.0847. The number of ketones is 2. The summed E-state index contributed by atoms with van der Waals surface area (Å²) in [5.74, 6) is -0.792. The van der Waals surface area contributed by atoms with Crippen LogP contribution in [0, 0.1) is 23.2 Å². The molecule has 4 atom stereocenters. The SMILES string of the molecule is C[C@H]1[C@@H]2CCC(C(=O)c3ccccn3)C(=O)[C@@]2(C)CCC12OCCO2. The molecule has 1 aliphatic heterocycles. The summed E-state index contributed by atoms with van der Waals surface area (Å²) in [6, 6.07) is 5.27. The fourth-order valence-corrected chi connectivity index (χ4v) is 5.27. The van der Waals surface area contributed by atoms with E-state index in [1.165, 1.54) is 0 Å². The second kappa shape index (κ2) is 5.99. The highest BCUT2D eigenvalue weighted by atomic mass is 16.7. The Bertz CT molecular complexity index is 682. The molecule has 134 valence electrons. The second-order valence-electron chi connectivity index (χ2n) is 7.89. The highest BCUT2D eigenvalue weighted by Gasteiger charge is 2.60. The van der Waals surface area contributed by atoms with Crippen LogP contribution in [0.2, 0.25) is 0 Å². The van der Waals surface area contributed by atoms with Crippen LogP contribution in [0.1, 0.15) is 50.0 Å². The third-order valence-electron chi connectivity index (χ3n) is 6.76. The van der Waals surface area contributed by atoms with Gasteiger partial charge in [-0.3, -0.25) is 14.6 Å². The van der Waals surface area contributed by atoms with Crippen LogP contribution in [0.4, 0.5) is 0 Å². The Morgan fingerprint density at radius 2 is 1.96 bits per heavy atom. The second-order valence-corrected chi connectivity index (χ2v) is 7.89. The molecule has 2 heterocycles. The maximum absolute atomic E-state index is 13.3. The van der Waals surface area contributed by atoms with Crippen molar-refractivity contribution < 1.29 is 19.1 Å². The number of aromatic nitrogens is 1. The topological polar surface area (TPSA) is 65.5 Å². The summed E-state index contributed by atoms with van der Waals surface area (Å²) in [6.45, 7) is 5.43. The molecule has 2 saturated carbocycles. The van der Waals surface area contributed by atoms with E-state index in [9.17, 15) is 9.59 Å². The fraction of sp³-hybridized carbons (Fsp3) is 0.650. The maximum atomic E-state index is 13.3. The van der Waals surface area contributed by atoms with E-state index >= 15 is 0 Å². The van der Waals surface area contributed by atoms with Gasteiger partial charge in [0, 0.05) is 24.0 Å². The standard InChI is InChI=1S/C20H25NO4/c1-13-15-7-6-14(17(22)16-5-3-4-10-21-16)18(23)19(15,2)8-9-20(13)24-11-12-25-20/h3-5,10,13-15H,6-9,11-12H2,1-2H3/t13-,14?,15-,19-/m0/s1. The molecule has 1 spiro atoms. The van der Waals surface area contributed by atoms with E-state index in [0.717, 1.165) is 12.8 Å². The smallest absolute Gasteiger partial charge is 0.191 e. The van der Waals surface area contributed by atoms with Crippen LogP contribution in [-0.2, 0) is 14.3 Å². The number of pyridine rings is 1. The number of Topliss-reactive ketones (excluding diaryl/α,β-unsaturated/α-hetero) is 2. The number of nitrogens with zero attached hydrogens (tertiary/aromatic N) is 1. The lowest BCUT2D eigenvalue weighted by Crippen LogP contribution is -2.58. The Morgan fingerprint density at radius 3 is 2.64 bits per heavy atom. The van der Waals surface area contributed by atoms with Gasteiger partial charge < -0.3 is 9.47 Å². The van der Waals surface area contributed by atoms with Crippen molar-refractivity contribution in [3.8, 4) is 0 Å². The Labute approximate surface area is 148 Å². The Hall–Kier alpha value is -1.59. The molecule has 5 heteroatoms. The molecule has 5 nitrogen and oxygen atoms in total. The van der Waals surface area contributed by atoms with Gasteiger partial charge in [0.2, 0.25) is 0 Å². The lowest BCUT2D eigenvalue weighted by molar-refractivity contribution is -0.243. The summed E-state index contributed by atoms with van der Waals surface area (Å²) in [5, 5.41) is 0. The van der Waals surface area contributed by atoms with Crippen LogP contribution >= 0.6 is 0 Å². The third kappa shape index (κ3) is 2.48. The van der Waals surface area contributed by atoms with Gasteiger partial charge >= 0.3 is 0 Å². The van der Waals surface area contributed by atoms with Crippen molar-refractivity contribution in [1.29, 1.82) is 0 Å². The zero-order valence-electron chi connectivity index (χ0n) is 14.9. The zero-order chi connectivity index (χ0) is 17.7. The molecule has 0 bridgehead atoms. The van der Waals surface area contributed by atoms with Gasteiger partial charge in [-0.1, -0.05) is 19.9 Å². The lowest BCUT2D eigenvalue weighted by Gasteiger charge is -2.54. The number of carbonyl (C=O) groups is 2. The van der Waals surface area contributed by atoms with E-state index in [1.807, 2.05) is 6.92 Å². The Kier molecular flexibility index (Phi) is 4.04. The summed E-state index contributed by atoms with van der Waals surface area (Å²) in [6.07, 6.45) is 4.48. The van der Waals surface area contributed by atoms with Crippen molar-refractivity contribution in [3.63, 3.8) is 0 Å². The first kappa shape index (κ1) is 16.9. The fourth-order valence-electron chi connectivity index (χ4n) is 5.27. The molecule has 2 aliphatic carbocycles. The van der Waals surface area contributed by atoms with Crippen molar-refractivity contribution >= 4 is 11.6 Å². The van der Waals surface area contributed by atoms with E-state index in [2.05, 4.69) is 11.9 Å². The van der Waals surface area contributed by atoms with Crippen molar-refractivity contribution in [3.05, 3.63) is 30.1 Å². The summed E-state index contributed by atoms with van der Waals surface area (Å²) in [4.78, 5) is 30.3. The number of ether oxygens (including phenoxy) is 2. The Balaban J connectivity index is 1.59. The quantitative estimate of drug-likeness (QED) is 0.610. The molecule has 1 aromatic rings. The van der Waals surface area contributed by atoms with Gasteiger partial charge in [-0.2, -0.15) is 0 Å². The molecule has 1 aromatic heterocycles. The van der Waals surface area contributed by atoms with Gasteiger partial charge in [-0.05, 0) is 37.3 Å². The number of rotatable bonds is 2. The first-order valence-electron chi connectivity index (χ1n) is 9.25. The molecule has 25 heavy (non-hydrogen) atoms. The minimum absolute atomic E-state index is 0.0825. The van der Waals surface area contributed by atoms with Gasteiger partial charge in [0.05, 0.1) is 19.1 Å². The normalized spacial score (nSPS) is 37.0. The number of carbonyl (C=O) groups excluding carboxylic acids is 2. The van der Waals surface area contributed by atoms with Gasteiger partial charge in [0.15, 0.2) is 11.6 Å². The summed E-state index contributed by atoms with van der Waals surface area (Å²) >= 11 is 0. The molecule has 1 saturated heterocycles. The number of hydrogen-bond acceptors (Lipinski definition) is 5. The van der Waals surface area contributed by atoms with Gasteiger partial charge in [0.1, 0.15) is 11.5 Å². The molecule has 4 rings (SSSR count). The van der Waals surface area contributed by atoms with Crippen LogP contribution in [0.5, 0.6) is 0 Å². The van der Waals surface area contributed by atoms with Gasteiger partial charge in [-0.15, -0.1) is 0 Å². The molecule has 1 unspecified atom stereocenters. The molecule has 3 aliphatic rings. The van der Waals surface area contributed by atoms with Crippen molar-refractivity contribution in [1.82, 2.24) is 4.98 Å². The minimum Gasteiger partial charge on any atom is -0.347 e. The number of fused-ring (bicyclic) bond motifs is 1. The van der Waals surface area contributed by atoms with E-state index in [4.69, 9.17) is 9.47 Å². The highest BCUT2D eigenvalue weighted by Crippen LogP contribution is 2.57. The lowest BCUT2D eigenvalue weighted by atomic mass is 9.52. The van der Waals surface area contributed by atoms with E-state index in [0.29, 0.717) is 31.7 Å². The van der Waals surface area contributed by atoms with Crippen LogP contribution in [0.3, 0.4) is 0 Å².